The van der Waals surface area contributed by atoms with Crippen LogP contribution in [0.2, 0.25) is 0 Å². The highest BCUT2D eigenvalue weighted by molar-refractivity contribution is 5.89. The molecule has 1 unspecified atom stereocenters. The number of hydrogen-bond acceptors (Lipinski definition) is 4. The molecular formula is C7H12N2O3. The molecule has 0 aliphatic carbocycles. The number of imide groups is 1. The van der Waals surface area contributed by atoms with Crippen molar-refractivity contribution in [1.82, 2.24) is 4.90 Å². The lowest BCUT2D eigenvalue weighted by Gasteiger charge is -2.18. The van der Waals surface area contributed by atoms with Crippen LogP contribution < -0.4 is 5.73 Å². The van der Waals surface area contributed by atoms with Gasteiger partial charge in [-0.3, -0.25) is 19.3 Å². The summed E-state index contributed by atoms with van der Waals surface area (Å²) in [7, 11) is 0. The molecule has 0 radical (unpaired) electrons. The second-order valence-electron chi connectivity index (χ2n) is 2.23. The highest BCUT2D eigenvalue weighted by Gasteiger charge is 2.20. The Morgan fingerprint density at radius 3 is 2.25 bits per heavy atom. The molecule has 0 saturated carbocycles. The van der Waals surface area contributed by atoms with Gasteiger partial charge in [-0.15, -0.1) is 0 Å². The van der Waals surface area contributed by atoms with E-state index in [4.69, 9.17) is 5.73 Å². The molecular weight excluding hydrogens is 160 g/mol. The molecule has 0 aromatic heterocycles. The Hall–Kier alpha value is -1.23. The van der Waals surface area contributed by atoms with Crippen molar-refractivity contribution >= 4 is 18.6 Å². The van der Waals surface area contributed by atoms with Crippen molar-refractivity contribution in [1.29, 1.82) is 0 Å². The highest BCUT2D eigenvalue weighted by atomic mass is 16.2. The Bertz CT molecular complexity index is 173. The quantitative estimate of drug-likeness (QED) is 0.516. The van der Waals surface area contributed by atoms with E-state index in [2.05, 4.69) is 0 Å². The molecule has 68 valence electrons. The summed E-state index contributed by atoms with van der Waals surface area (Å²) >= 11 is 0. The first-order valence-corrected chi connectivity index (χ1v) is 3.62. The van der Waals surface area contributed by atoms with Crippen molar-refractivity contribution < 1.29 is 14.4 Å². The van der Waals surface area contributed by atoms with E-state index >= 15 is 0 Å². The van der Waals surface area contributed by atoms with Gasteiger partial charge in [-0.2, -0.15) is 0 Å². The van der Waals surface area contributed by atoms with Gasteiger partial charge in [0.05, 0.1) is 0 Å². The zero-order chi connectivity index (χ0) is 9.56. The van der Waals surface area contributed by atoms with Crippen molar-refractivity contribution in [2.24, 2.45) is 5.73 Å². The smallest absolute Gasteiger partial charge is 0.216 e. The molecule has 0 fully saturated rings. The van der Waals surface area contributed by atoms with Crippen molar-refractivity contribution in [2.45, 2.75) is 19.4 Å². The number of Topliss-reactive ketones (excluding diaryl/α,β-unsaturated/α-hetero) is 1. The minimum Gasteiger partial charge on any atom is -0.328 e. The molecule has 5 nitrogen and oxygen atoms in total. The fraction of sp³-hybridized carbons (Fsp3) is 0.571. The lowest BCUT2D eigenvalue weighted by atomic mass is 10.1. The van der Waals surface area contributed by atoms with E-state index in [9.17, 15) is 14.4 Å². The molecule has 0 bridgehead atoms. The molecule has 2 amide bonds. The van der Waals surface area contributed by atoms with E-state index in [0.717, 1.165) is 4.90 Å². The summed E-state index contributed by atoms with van der Waals surface area (Å²) in [5.74, 6) is -0.211. The Morgan fingerprint density at radius 1 is 1.50 bits per heavy atom. The minimum atomic E-state index is -0.801. The monoisotopic (exact) mass is 172 g/mol. The molecule has 0 heterocycles. The molecule has 0 aliphatic heterocycles. The van der Waals surface area contributed by atoms with Crippen LogP contribution in [0.25, 0.3) is 0 Å². The maximum absolute atomic E-state index is 11.1. The summed E-state index contributed by atoms with van der Waals surface area (Å²) in [6, 6.07) is -0.801. The fourth-order valence-corrected chi connectivity index (χ4v) is 0.827. The normalized spacial score (nSPS) is 11.8. The Balaban J connectivity index is 4.39. The van der Waals surface area contributed by atoms with Crippen molar-refractivity contribution in [3.8, 4) is 0 Å². The van der Waals surface area contributed by atoms with Crippen LogP contribution in [0, 0.1) is 0 Å². The number of carbonyl (C=O) groups is 3. The maximum Gasteiger partial charge on any atom is 0.216 e. The van der Waals surface area contributed by atoms with Gasteiger partial charge in [-0.25, -0.2) is 0 Å². The second-order valence-corrected chi connectivity index (χ2v) is 2.23. The minimum absolute atomic E-state index is 0.0237. The number of hydrogen-bond donors (Lipinski definition) is 1. The zero-order valence-corrected chi connectivity index (χ0v) is 6.90. The average Bonchev–Trinajstić information content (AvgIpc) is 2.12. The van der Waals surface area contributed by atoms with Crippen LogP contribution >= 0.6 is 0 Å². The van der Waals surface area contributed by atoms with Gasteiger partial charge in [0, 0.05) is 13.0 Å². The summed E-state index contributed by atoms with van der Waals surface area (Å²) < 4.78 is 0. The first-order valence-electron chi connectivity index (χ1n) is 3.62. The van der Waals surface area contributed by atoms with Crippen LogP contribution in [-0.2, 0) is 14.4 Å². The van der Waals surface area contributed by atoms with E-state index in [-0.39, 0.29) is 18.7 Å². The van der Waals surface area contributed by atoms with E-state index in [1.807, 2.05) is 0 Å². The van der Waals surface area contributed by atoms with Crippen molar-refractivity contribution in [2.75, 3.05) is 6.54 Å². The Morgan fingerprint density at radius 2 is 2.00 bits per heavy atom. The number of nitrogens with two attached hydrogens (primary N) is 1. The van der Waals surface area contributed by atoms with Crippen molar-refractivity contribution in [3.63, 3.8) is 0 Å². The standard InChI is InChI=1S/C7H12N2O3/c1-2-7(12)6(3-8)9(4-10)5-11/h4-6H,2-3,8H2,1H3. The number of ketones is 1. The van der Waals surface area contributed by atoms with Crippen molar-refractivity contribution in [3.05, 3.63) is 0 Å². The third-order valence-electron chi connectivity index (χ3n) is 1.55. The first-order chi connectivity index (χ1) is 5.71. The van der Waals surface area contributed by atoms with Crippen LogP contribution in [0.1, 0.15) is 13.3 Å². The SMILES string of the molecule is CCC(=O)C(CN)N(C=O)C=O. The predicted molar refractivity (Wildman–Crippen MR) is 42.1 cm³/mol. The molecule has 0 spiro atoms. The van der Waals surface area contributed by atoms with E-state index in [1.54, 1.807) is 6.92 Å². The average molecular weight is 172 g/mol. The zero-order valence-electron chi connectivity index (χ0n) is 6.90. The van der Waals surface area contributed by atoms with Gasteiger partial charge in [0.15, 0.2) is 5.78 Å². The number of nitrogens with zero attached hydrogens (tertiary/aromatic N) is 1. The number of amides is 2. The van der Waals surface area contributed by atoms with Gasteiger partial charge in [0.25, 0.3) is 0 Å². The predicted octanol–water partition coefficient (Wildman–Crippen LogP) is -1.09. The van der Waals surface area contributed by atoms with E-state index in [0.29, 0.717) is 12.8 Å². The third kappa shape index (κ3) is 2.43. The van der Waals surface area contributed by atoms with Gasteiger partial charge in [-0.05, 0) is 0 Å². The van der Waals surface area contributed by atoms with Crippen LogP contribution in [0.5, 0.6) is 0 Å². The van der Waals surface area contributed by atoms with Gasteiger partial charge >= 0.3 is 0 Å². The molecule has 0 rings (SSSR count). The maximum atomic E-state index is 11.1. The topological polar surface area (TPSA) is 80.5 Å². The van der Waals surface area contributed by atoms with E-state index < -0.39 is 6.04 Å². The summed E-state index contributed by atoms with van der Waals surface area (Å²) in [6.45, 7) is 1.63. The highest BCUT2D eigenvalue weighted by Crippen LogP contribution is 1.96. The van der Waals surface area contributed by atoms with Gasteiger partial charge in [-0.1, -0.05) is 6.92 Å². The molecule has 12 heavy (non-hydrogen) atoms. The fourth-order valence-electron chi connectivity index (χ4n) is 0.827. The molecule has 5 heteroatoms. The molecule has 0 aromatic rings. The van der Waals surface area contributed by atoms with Crippen LogP contribution in [0.3, 0.4) is 0 Å². The number of rotatable bonds is 6. The van der Waals surface area contributed by atoms with Gasteiger partial charge in [0.2, 0.25) is 12.8 Å². The molecule has 0 aromatic carbocycles. The van der Waals surface area contributed by atoms with Crippen LogP contribution in [0.15, 0.2) is 0 Å². The lowest BCUT2D eigenvalue weighted by Crippen LogP contribution is -2.44. The first kappa shape index (κ1) is 10.8. The van der Waals surface area contributed by atoms with E-state index in [1.165, 1.54) is 0 Å². The van der Waals surface area contributed by atoms with Crippen LogP contribution in [-0.4, -0.2) is 36.1 Å². The molecule has 0 saturated heterocycles. The van der Waals surface area contributed by atoms with Crippen LogP contribution in [0.4, 0.5) is 0 Å². The van der Waals surface area contributed by atoms with Gasteiger partial charge in [0.1, 0.15) is 6.04 Å². The Labute approximate surface area is 70.5 Å². The number of carbonyl (C=O) groups excluding carboxylic acids is 3. The molecule has 2 N–H and O–H groups in total. The Kier molecular flexibility index (Phi) is 4.87. The largest absolute Gasteiger partial charge is 0.328 e. The summed E-state index contributed by atoms with van der Waals surface area (Å²) in [5, 5.41) is 0. The summed E-state index contributed by atoms with van der Waals surface area (Å²) in [4.78, 5) is 32.3. The summed E-state index contributed by atoms with van der Waals surface area (Å²) in [6.07, 6.45) is 0.871. The second kappa shape index (κ2) is 5.42. The lowest BCUT2D eigenvalue weighted by molar-refractivity contribution is -0.138. The third-order valence-corrected chi connectivity index (χ3v) is 1.55. The summed E-state index contributed by atoms with van der Waals surface area (Å²) in [5.41, 5.74) is 5.22. The molecule has 0 aliphatic rings. The van der Waals surface area contributed by atoms with Gasteiger partial charge < -0.3 is 5.73 Å². The molecule has 1 atom stereocenters.